The summed E-state index contributed by atoms with van der Waals surface area (Å²) in [5.74, 6) is 0.0146. The number of aromatic nitrogens is 3. The van der Waals surface area contributed by atoms with Gasteiger partial charge in [-0.1, -0.05) is 11.6 Å². The molecular weight excluding hydrogens is 296 g/mol. The van der Waals surface area contributed by atoms with Gasteiger partial charge in [0.2, 0.25) is 0 Å². The number of aryl methyl sites for hydroxylation is 1. The molecule has 4 heterocycles. The number of nitrogens with zero attached hydrogens (tertiary/aromatic N) is 3. The van der Waals surface area contributed by atoms with Crippen molar-refractivity contribution in [1.29, 1.82) is 0 Å². The van der Waals surface area contributed by atoms with Crippen molar-refractivity contribution in [1.82, 2.24) is 19.7 Å². The minimum atomic E-state index is 0.0146. The highest BCUT2D eigenvalue weighted by molar-refractivity contribution is 7.22. The summed E-state index contributed by atoms with van der Waals surface area (Å²) < 4.78 is 3.57. The predicted octanol–water partition coefficient (Wildman–Crippen LogP) is 2.77. The first-order valence-corrected chi connectivity index (χ1v) is 7.38. The van der Waals surface area contributed by atoms with Crippen molar-refractivity contribution in [2.75, 3.05) is 0 Å². The molecule has 1 aliphatic heterocycles. The van der Waals surface area contributed by atoms with Crippen LogP contribution in [0.4, 0.5) is 0 Å². The smallest absolute Gasteiger partial charge is 0.270 e. The van der Waals surface area contributed by atoms with Crippen LogP contribution in [-0.4, -0.2) is 25.6 Å². The maximum Gasteiger partial charge on any atom is 0.270 e. The predicted molar refractivity (Wildman–Crippen MR) is 78.0 cm³/mol. The Morgan fingerprint density at radius 2 is 2.30 bits per heavy atom. The van der Waals surface area contributed by atoms with Crippen molar-refractivity contribution >= 4 is 39.1 Å². The highest BCUT2D eigenvalue weighted by atomic mass is 35.5. The summed E-state index contributed by atoms with van der Waals surface area (Å²) in [6, 6.07) is 3.72. The van der Waals surface area contributed by atoms with Crippen LogP contribution < -0.4 is 0 Å². The molecule has 0 aromatic carbocycles. The molecule has 0 unspecified atom stereocenters. The monoisotopic (exact) mass is 306 g/mol. The van der Waals surface area contributed by atoms with Crippen LogP contribution >= 0.6 is 22.9 Å². The Hall–Kier alpha value is -1.79. The number of H-pyrrole nitrogens is 1. The number of hydrogen-bond acceptors (Lipinski definition) is 3. The molecule has 1 N–H and O–H groups in total. The third-order valence-electron chi connectivity index (χ3n) is 3.64. The van der Waals surface area contributed by atoms with Crippen LogP contribution in [0.15, 0.2) is 18.3 Å². The van der Waals surface area contributed by atoms with Crippen molar-refractivity contribution in [3.8, 4) is 0 Å². The Morgan fingerprint density at radius 1 is 1.45 bits per heavy atom. The van der Waals surface area contributed by atoms with Crippen molar-refractivity contribution in [2.24, 2.45) is 7.05 Å². The summed E-state index contributed by atoms with van der Waals surface area (Å²) in [7, 11) is 1.90. The number of rotatable bonds is 1. The maximum absolute atomic E-state index is 12.5. The summed E-state index contributed by atoms with van der Waals surface area (Å²) in [5, 5.41) is 4.20. The maximum atomic E-state index is 12.5. The number of fused-ring (bicyclic) bond motifs is 2. The van der Waals surface area contributed by atoms with E-state index in [1.165, 1.54) is 11.3 Å². The minimum absolute atomic E-state index is 0.0146. The second kappa shape index (κ2) is 4.10. The van der Waals surface area contributed by atoms with Gasteiger partial charge in [-0.2, -0.15) is 5.10 Å². The van der Waals surface area contributed by atoms with Gasteiger partial charge >= 0.3 is 0 Å². The fraction of sp³-hybridized carbons (Fsp3) is 0.231. The molecule has 0 saturated carbocycles. The van der Waals surface area contributed by atoms with Crippen LogP contribution in [0.2, 0.25) is 4.34 Å². The number of amides is 1. The Kier molecular flexibility index (Phi) is 2.46. The van der Waals surface area contributed by atoms with E-state index in [0.29, 0.717) is 18.8 Å². The number of thiophene rings is 1. The number of halogens is 1. The van der Waals surface area contributed by atoms with Gasteiger partial charge in [0.25, 0.3) is 5.91 Å². The molecule has 4 rings (SSSR count). The molecule has 0 spiro atoms. The van der Waals surface area contributed by atoms with Gasteiger partial charge in [0.1, 0.15) is 5.69 Å². The van der Waals surface area contributed by atoms with Crippen molar-refractivity contribution in [3.63, 3.8) is 0 Å². The molecule has 5 nitrogen and oxygen atoms in total. The largest absolute Gasteiger partial charge is 0.350 e. The third kappa shape index (κ3) is 1.68. The van der Waals surface area contributed by atoms with E-state index < -0.39 is 0 Å². The normalized spacial score (nSPS) is 14.2. The summed E-state index contributed by atoms with van der Waals surface area (Å²) in [6.07, 6.45) is 1.83. The lowest BCUT2D eigenvalue weighted by molar-refractivity contribution is 0.0743. The van der Waals surface area contributed by atoms with E-state index in [0.717, 1.165) is 25.8 Å². The third-order valence-corrected chi connectivity index (χ3v) is 4.85. The molecule has 1 aliphatic rings. The van der Waals surface area contributed by atoms with Gasteiger partial charge in [0.05, 0.1) is 33.0 Å². The van der Waals surface area contributed by atoms with Crippen molar-refractivity contribution in [3.05, 3.63) is 39.6 Å². The number of carbonyl (C=O) groups excluding carboxylic acids is 1. The zero-order valence-electron chi connectivity index (χ0n) is 10.7. The molecule has 3 aromatic rings. The van der Waals surface area contributed by atoms with Crippen LogP contribution in [0.25, 0.3) is 10.2 Å². The lowest BCUT2D eigenvalue weighted by Gasteiger charge is -2.14. The summed E-state index contributed by atoms with van der Waals surface area (Å²) in [4.78, 5) is 17.5. The lowest BCUT2D eigenvalue weighted by atomic mass is 10.3. The summed E-state index contributed by atoms with van der Waals surface area (Å²) in [6.45, 7) is 1.23. The fourth-order valence-corrected chi connectivity index (χ4v) is 3.75. The van der Waals surface area contributed by atoms with Crippen LogP contribution in [0.5, 0.6) is 0 Å². The van der Waals surface area contributed by atoms with Gasteiger partial charge in [-0.05, 0) is 12.1 Å². The summed E-state index contributed by atoms with van der Waals surface area (Å²) >= 11 is 7.41. The van der Waals surface area contributed by atoms with Gasteiger partial charge in [0.15, 0.2) is 0 Å². The molecular formula is C13H11ClN4OS. The number of carbonyl (C=O) groups is 1. The topological polar surface area (TPSA) is 53.9 Å². The molecule has 102 valence electrons. The van der Waals surface area contributed by atoms with E-state index in [9.17, 15) is 4.79 Å². The van der Waals surface area contributed by atoms with Crippen molar-refractivity contribution in [2.45, 2.75) is 13.1 Å². The Bertz CT molecular complexity index is 799. The molecule has 20 heavy (non-hydrogen) atoms. The molecule has 7 heteroatoms. The molecule has 0 aliphatic carbocycles. The van der Waals surface area contributed by atoms with Gasteiger partial charge in [0, 0.05) is 19.2 Å². The molecule has 0 radical (unpaired) electrons. The SMILES string of the molecule is Cn1ncc2c1CN(C(=O)c1cc3sc(Cl)cc3[nH]1)C2. The Morgan fingerprint density at radius 3 is 3.05 bits per heavy atom. The highest BCUT2D eigenvalue weighted by Crippen LogP contribution is 2.31. The summed E-state index contributed by atoms with van der Waals surface area (Å²) in [5.41, 5.74) is 3.76. The molecule has 0 fully saturated rings. The number of nitrogens with one attached hydrogen (secondary N) is 1. The highest BCUT2D eigenvalue weighted by Gasteiger charge is 2.28. The quantitative estimate of drug-likeness (QED) is 0.751. The van der Waals surface area contributed by atoms with Crippen molar-refractivity contribution < 1.29 is 4.79 Å². The van der Waals surface area contributed by atoms with E-state index >= 15 is 0 Å². The van der Waals surface area contributed by atoms with Crippen LogP contribution in [-0.2, 0) is 20.1 Å². The zero-order valence-corrected chi connectivity index (χ0v) is 12.3. The second-order valence-electron chi connectivity index (χ2n) is 4.91. The van der Waals surface area contributed by atoms with Gasteiger partial charge in [-0.15, -0.1) is 11.3 Å². The van der Waals surface area contributed by atoms with Gasteiger partial charge in [-0.3, -0.25) is 9.48 Å². The van der Waals surface area contributed by atoms with E-state index in [4.69, 9.17) is 11.6 Å². The van der Waals surface area contributed by atoms with E-state index in [1.807, 2.05) is 35.0 Å². The second-order valence-corrected chi connectivity index (χ2v) is 6.63. The molecule has 0 saturated heterocycles. The first-order chi connectivity index (χ1) is 9.61. The lowest BCUT2D eigenvalue weighted by Crippen LogP contribution is -2.26. The first kappa shape index (κ1) is 12.0. The number of aromatic amines is 1. The molecule has 3 aromatic heterocycles. The van der Waals surface area contributed by atoms with Crippen LogP contribution in [0.1, 0.15) is 21.7 Å². The number of hydrogen-bond donors (Lipinski definition) is 1. The Balaban J connectivity index is 1.63. The average molecular weight is 307 g/mol. The van der Waals surface area contributed by atoms with Gasteiger partial charge in [-0.25, -0.2) is 0 Å². The molecule has 0 atom stereocenters. The van der Waals surface area contributed by atoms with E-state index in [-0.39, 0.29) is 5.91 Å². The Labute approximate surface area is 123 Å². The molecule has 0 bridgehead atoms. The fourth-order valence-electron chi connectivity index (χ4n) is 2.61. The van der Waals surface area contributed by atoms with Crippen LogP contribution in [0, 0.1) is 0 Å². The minimum Gasteiger partial charge on any atom is -0.350 e. The standard InChI is InChI=1S/C13H11ClN4OS/c1-17-10-6-18(5-7(10)4-15-17)13(19)9-2-11-8(16-9)3-12(14)20-11/h2-4,16H,5-6H2,1H3. The van der Waals surface area contributed by atoms with E-state index in [1.54, 1.807) is 0 Å². The van der Waals surface area contributed by atoms with Gasteiger partial charge < -0.3 is 9.88 Å². The average Bonchev–Trinajstić information content (AvgIpc) is 3.10. The molecule has 1 amide bonds. The zero-order chi connectivity index (χ0) is 13.9. The first-order valence-electron chi connectivity index (χ1n) is 6.19. The van der Waals surface area contributed by atoms with E-state index in [2.05, 4.69) is 10.1 Å². The van der Waals surface area contributed by atoms with Crippen LogP contribution in [0.3, 0.4) is 0 Å².